The summed E-state index contributed by atoms with van der Waals surface area (Å²) in [5, 5.41) is 32.5. The van der Waals surface area contributed by atoms with E-state index in [9.17, 15) is 15.3 Å². The summed E-state index contributed by atoms with van der Waals surface area (Å²) in [6, 6.07) is 8.76. The average molecular weight is 769 g/mol. The number of aliphatic hydroxyl groups is 3. The summed E-state index contributed by atoms with van der Waals surface area (Å²) in [5.74, 6) is 0.769. The van der Waals surface area contributed by atoms with Gasteiger partial charge in [0.2, 0.25) is 0 Å². The van der Waals surface area contributed by atoms with Crippen LogP contribution in [0, 0.1) is 19.3 Å². The molecule has 1 atom stereocenters. The van der Waals surface area contributed by atoms with Crippen molar-refractivity contribution in [3.63, 3.8) is 0 Å². The van der Waals surface area contributed by atoms with E-state index in [1.807, 2.05) is 0 Å². The van der Waals surface area contributed by atoms with Crippen molar-refractivity contribution in [2.24, 2.45) is 5.41 Å². The van der Waals surface area contributed by atoms with Crippen LogP contribution in [-0.2, 0) is 26.0 Å². The molecule has 0 spiro atoms. The average Bonchev–Trinajstić information content (AvgIpc) is 2.91. The molecule has 0 saturated heterocycles. The lowest BCUT2D eigenvalue weighted by Gasteiger charge is -2.43. The minimum absolute atomic E-state index is 0.223. The molecule has 0 fully saturated rings. The van der Waals surface area contributed by atoms with Gasteiger partial charge >= 0.3 is 25.8 Å². The second kappa shape index (κ2) is 19.4. The van der Waals surface area contributed by atoms with Crippen molar-refractivity contribution in [3.8, 4) is 5.75 Å². The number of hydrogen-bond donors (Lipinski definition) is 10. The minimum atomic E-state index is -2.62. The van der Waals surface area contributed by atoms with E-state index < -0.39 is 57.1 Å². The van der Waals surface area contributed by atoms with E-state index in [1.54, 1.807) is 0 Å². The maximum absolute atomic E-state index is 10.8. The minimum Gasteiger partial charge on any atom is -0.484 e. The molecule has 0 aromatic heterocycles. The first-order valence-electron chi connectivity index (χ1n) is 16.1. The summed E-state index contributed by atoms with van der Waals surface area (Å²) in [6.07, 6.45) is -0.800. The SMILES string of the molecule is Cc1cc(C(C)(C)C)c(OC(c2c(C(C)(C)C)cc(C)cc2C(C)(C)C)C(CO)(CO)CO)c(C(C)(C)C)c1.OP(O)O.OP(O)OP(O)O. The highest BCUT2D eigenvalue weighted by molar-refractivity contribution is 7.53. The molecule has 290 valence electrons. The third kappa shape index (κ3) is 14.8. The second-order valence-corrected chi connectivity index (χ2v) is 18.9. The van der Waals surface area contributed by atoms with E-state index in [0.29, 0.717) is 0 Å². The molecule has 10 N–H and O–H groups in total. The lowest BCUT2D eigenvalue weighted by Crippen LogP contribution is -2.45. The highest BCUT2D eigenvalue weighted by Crippen LogP contribution is 2.50. The van der Waals surface area contributed by atoms with Crippen molar-refractivity contribution in [1.82, 2.24) is 0 Å². The Morgan fingerprint density at radius 1 is 0.520 bits per heavy atom. The first-order valence-corrected chi connectivity index (χ1v) is 19.6. The molecule has 0 radical (unpaired) electrons. The van der Waals surface area contributed by atoms with Crippen LogP contribution in [0.1, 0.15) is 128 Å². The van der Waals surface area contributed by atoms with E-state index >= 15 is 0 Å². The van der Waals surface area contributed by atoms with E-state index in [-0.39, 0.29) is 21.7 Å². The molecule has 0 heterocycles. The van der Waals surface area contributed by atoms with Crippen LogP contribution in [0.25, 0.3) is 0 Å². The van der Waals surface area contributed by atoms with Gasteiger partial charge in [0.05, 0.1) is 25.2 Å². The van der Waals surface area contributed by atoms with Gasteiger partial charge in [-0.3, -0.25) is 0 Å². The number of benzene rings is 2. The van der Waals surface area contributed by atoms with E-state index in [1.165, 1.54) is 0 Å². The van der Waals surface area contributed by atoms with Gasteiger partial charge in [0.25, 0.3) is 0 Å². The van der Waals surface area contributed by atoms with Gasteiger partial charge in [0.15, 0.2) is 0 Å². The van der Waals surface area contributed by atoms with Gasteiger partial charge in [-0.25, -0.2) is 4.31 Å². The number of hydrogen-bond acceptors (Lipinski definition) is 12. The quantitative estimate of drug-likeness (QED) is 0.129. The van der Waals surface area contributed by atoms with Crippen molar-refractivity contribution in [2.45, 2.75) is 125 Å². The van der Waals surface area contributed by atoms with Crippen LogP contribution < -0.4 is 4.74 Å². The maximum Gasteiger partial charge on any atom is 0.334 e. The van der Waals surface area contributed by atoms with Crippen molar-refractivity contribution < 1.29 is 58.6 Å². The fraction of sp³-hybridized carbons (Fsp3) is 0.657. The summed E-state index contributed by atoms with van der Waals surface area (Å²) >= 11 is 0. The molecule has 0 bridgehead atoms. The normalized spacial score (nSPS) is 13.6. The number of aliphatic hydroxyl groups excluding tert-OH is 3. The van der Waals surface area contributed by atoms with Crippen molar-refractivity contribution in [3.05, 3.63) is 63.2 Å². The third-order valence-corrected chi connectivity index (χ3v) is 9.10. The van der Waals surface area contributed by atoms with Crippen molar-refractivity contribution in [1.29, 1.82) is 0 Å². The molecule has 12 nitrogen and oxygen atoms in total. The summed E-state index contributed by atoms with van der Waals surface area (Å²) in [7, 11) is -7.84. The Hall–Kier alpha value is -0.910. The zero-order valence-corrected chi connectivity index (χ0v) is 34.8. The van der Waals surface area contributed by atoms with Crippen LogP contribution in [-0.4, -0.2) is 69.4 Å². The lowest BCUT2D eigenvalue weighted by atomic mass is 9.69. The molecule has 0 aliphatic carbocycles. The summed E-state index contributed by atoms with van der Waals surface area (Å²) in [6.45, 7) is 29.1. The highest BCUT2D eigenvalue weighted by Gasteiger charge is 2.46. The monoisotopic (exact) mass is 768 g/mol. The Kier molecular flexibility index (Phi) is 19.1. The van der Waals surface area contributed by atoms with Crippen LogP contribution in [0.3, 0.4) is 0 Å². The van der Waals surface area contributed by atoms with E-state index in [4.69, 9.17) is 39.0 Å². The molecule has 0 amide bonds. The first-order chi connectivity index (χ1) is 22.4. The van der Waals surface area contributed by atoms with Gasteiger partial charge in [-0.05, 0) is 46.6 Å². The fourth-order valence-electron chi connectivity index (χ4n) is 5.41. The Morgan fingerprint density at radius 3 is 0.980 bits per heavy atom. The van der Waals surface area contributed by atoms with Crippen LogP contribution in [0.15, 0.2) is 24.3 Å². The van der Waals surface area contributed by atoms with Crippen molar-refractivity contribution in [2.75, 3.05) is 19.8 Å². The molecule has 1 unspecified atom stereocenters. The molecular weight excluding hydrogens is 705 g/mol. The van der Waals surface area contributed by atoms with Gasteiger partial charge in [0, 0.05) is 16.7 Å². The van der Waals surface area contributed by atoms with Gasteiger partial charge < -0.3 is 54.3 Å². The van der Waals surface area contributed by atoms with Gasteiger partial charge in [-0.2, -0.15) is 0 Å². The molecule has 50 heavy (non-hydrogen) atoms. The molecule has 0 saturated carbocycles. The zero-order chi connectivity index (χ0) is 39.8. The Labute approximate surface area is 302 Å². The number of aryl methyl sites for hydroxylation is 2. The third-order valence-electron chi connectivity index (χ3n) is 7.93. The predicted octanol–water partition coefficient (Wildman–Crippen LogP) is 6.19. The smallest absolute Gasteiger partial charge is 0.334 e. The Bertz CT molecular complexity index is 1250. The second-order valence-electron chi connectivity index (χ2n) is 16.7. The van der Waals surface area contributed by atoms with Crippen LogP contribution in [0.4, 0.5) is 0 Å². The lowest BCUT2D eigenvalue weighted by molar-refractivity contribution is -0.0761. The molecule has 15 heteroatoms. The van der Waals surface area contributed by atoms with Crippen LogP contribution in [0.5, 0.6) is 5.75 Å². The number of rotatable bonds is 9. The molecule has 0 aliphatic rings. The fourth-order valence-corrected chi connectivity index (χ4v) is 5.93. The van der Waals surface area contributed by atoms with Crippen LogP contribution in [0.2, 0.25) is 0 Å². The highest BCUT2D eigenvalue weighted by atomic mass is 31.2. The molecule has 0 aliphatic heterocycles. The topological polar surface area (TPSA) is 221 Å². The van der Waals surface area contributed by atoms with Crippen LogP contribution >= 0.6 is 25.8 Å². The molecule has 2 rings (SSSR count). The summed E-state index contributed by atoms with van der Waals surface area (Å²) < 4.78 is 10.8. The Morgan fingerprint density at radius 2 is 0.780 bits per heavy atom. The largest absolute Gasteiger partial charge is 0.484 e. The van der Waals surface area contributed by atoms with Gasteiger partial charge in [-0.15, -0.1) is 0 Å². The summed E-state index contributed by atoms with van der Waals surface area (Å²) in [4.78, 5) is 53.0. The van der Waals surface area contributed by atoms with Gasteiger partial charge in [-0.1, -0.05) is 118 Å². The standard InChI is InChI=1S/C35H56O4.H4O5P2.H3O3P/c1-22-15-24(31(3,4)5)28(25(16-22)32(6,7)8)30(35(19-36,20-37)21-38)39-29-26(33(9,10)11)17-23(2)18-27(29)34(12,13)14;1-6(2)5-7(3)4;1-4(2)3/h15-18,30,36-38H,19-21H2,1-14H3;1-4H;1-3H. The molecule has 2 aromatic rings. The van der Waals surface area contributed by atoms with E-state index in [2.05, 4.69) is 126 Å². The molecular formula is C35H63O12P3. The Balaban J connectivity index is 0.00000188. The first kappa shape index (κ1) is 49.1. The number of ether oxygens (including phenoxy) is 1. The zero-order valence-electron chi connectivity index (χ0n) is 32.1. The van der Waals surface area contributed by atoms with Crippen molar-refractivity contribution >= 4 is 25.8 Å². The molecule has 2 aromatic carbocycles. The maximum atomic E-state index is 10.8. The van der Waals surface area contributed by atoms with E-state index in [0.717, 1.165) is 44.7 Å². The predicted molar refractivity (Wildman–Crippen MR) is 202 cm³/mol. The summed E-state index contributed by atoms with van der Waals surface area (Å²) in [5.41, 5.74) is 5.33. The van der Waals surface area contributed by atoms with Gasteiger partial charge in [0.1, 0.15) is 11.9 Å².